The highest BCUT2D eigenvalue weighted by molar-refractivity contribution is 5.95. The number of amides is 2. The number of hydrogen-bond donors (Lipinski definition) is 2. The second-order valence-corrected chi connectivity index (χ2v) is 7.60. The van der Waals surface area contributed by atoms with Gasteiger partial charge in [0.25, 0.3) is 5.91 Å². The van der Waals surface area contributed by atoms with Crippen LogP contribution in [0.15, 0.2) is 47.1 Å². The first-order valence-electron chi connectivity index (χ1n) is 10.0. The minimum Gasteiger partial charge on any atom is -0.459 e. The first-order valence-corrected chi connectivity index (χ1v) is 10.0. The number of morpholine rings is 1. The van der Waals surface area contributed by atoms with Gasteiger partial charge in [0.1, 0.15) is 6.04 Å². The van der Waals surface area contributed by atoms with Crippen molar-refractivity contribution in [3.63, 3.8) is 0 Å². The minimum atomic E-state index is -0.631. The number of carbonyl (C=O) groups excluding carboxylic acids is 2. The lowest BCUT2D eigenvalue weighted by Gasteiger charge is -2.26. The van der Waals surface area contributed by atoms with Crippen LogP contribution in [0.5, 0.6) is 0 Å². The molecule has 1 aromatic carbocycles. The molecule has 2 aromatic rings. The van der Waals surface area contributed by atoms with Gasteiger partial charge in [-0.2, -0.15) is 0 Å². The average molecular weight is 399 g/mol. The third kappa shape index (κ3) is 6.17. The topological polar surface area (TPSA) is 83.8 Å². The summed E-state index contributed by atoms with van der Waals surface area (Å²) in [6.45, 7) is 8.60. The Morgan fingerprint density at radius 2 is 1.76 bits per heavy atom. The van der Waals surface area contributed by atoms with Crippen molar-refractivity contribution in [2.45, 2.75) is 33.0 Å². The summed E-state index contributed by atoms with van der Waals surface area (Å²) in [4.78, 5) is 27.2. The SMILES string of the molecule is CC(C)[C@H](NC(=O)c1ccco1)C(=O)NCc1ccc(CN2CCOCC2)cc1. The number of ether oxygens (including phenoxy) is 1. The normalized spacial score (nSPS) is 15.8. The lowest BCUT2D eigenvalue weighted by atomic mass is 10.0. The van der Waals surface area contributed by atoms with Crippen LogP contribution < -0.4 is 10.6 Å². The molecular formula is C22H29N3O4. The van der Waals surface area contributed by atoms with Crippen molar-refractivity contribution in [2.24, 2.45) is 5.92 Å². The van der Waals surface area contributed by atoms with E-state index in [-0.39, 0.29) is 17.6 Å². The zero-order valence-corrected chi connectivity index (χ0v) is 17.0. The largest absolute Gasteiger partial charge is 0.459 e. The van der Waals surface area contributed by atoms with E-state index >= 15 is 0 Å². The molecule has 7 nitrogen and oxygen atoms in total. The number of nitrogens with one attached hydrogen (secondary N) is 2. The lowest BCUT2D eigenvalue weighted by molar-refractivity contribution is -0.124. The fraction of sp³-hybridized carbons (Fsp3) is 0.455. The Labute approximate surface area is 171 Å². The molecule has 1 fully saturated rings. The lowest BCUT2D eigenvalue weighted by Crippen LogP contribution is -2.49. The standard InChI is InChI=1S/C22H29N3O4/c1-16(2)20(24-21(26)19-4-3-11-29-19)22(27)23-14-17-5-7-18(8-6-17)15-25-9-12-28-13-10-25/h3-8,11,16,20H,9-10,12-15H2,1-2H3,(H,23,27)(H,24,26)/t20-/m0/s1. The summed E-state index contributed by atoms with van der Waals surface area (Å²) in [5, 5.41) is 5.67. The molecule has 2 N–H and O–H groups in total. The van der Waals surface area contributed by atoms with Crippen molar-refractivity contribution in [1.29, 1.82) is 0 Å². The van der Waals surface area contributed by atoms with Crippen molar-refractivity contribution in [3.05, 3.63) is 59.5 Å². The molecule has 1 aliphatic rings. The van der Waals surface area contributed by atoms with E-state index < -0.39 is 11.9 Å². The molecule has 2 amide bonds. The number of benzene rings is 1. The van der Waals surface area contributed by atoms with Crippen LogP contribution in [0.2, 0.25) is 0 Å². The van der Waals surface area contributed by atoms with E-state index in [9.17, 15) is 9.59 Å². The van der Waals surface area contributed by atoms with Crippen LogP contribution in [0.3, 0.4) is 0 Å². The molecule has 1 aromatic heterocycles. The van der Waals surface area contributed by atoms with Gasteiger partial charge in [-0.1, -0.05) is 38.1 Å². The van der Waals surface area contributed by atoms with Gasteiger partial charge in [-0.25, -0.2) is 0 Å². The van der Waals surface area contributed by atoms with Gasteiger partial charge in [0.05, 0.1) is 19.5 Å². The quantitative estimate of drug-likeness (QED) is 0.711. The van der Waals surface area contributed by atoms with Crippen molar-refractivity contribution < 1.29 is 18.7 Å². The maximum atomic E-state index is 12.6. The Balaban J connectivity index is 1.50. The van der Waals surface area contributed by atoms with E-state index in [0.29, 0.717) is 6.54 Å². The summed E-state index contributed by atoms with van der Waals surface area (Å²) in [7, 11) is 0. The fourth-order valence-corrected chi connectivity index (χ4v) is 3.23. The number of hydrogen-bond acceptors (Lipinski definition) is 5. The van der Waals surface area contributed by atoms with E-state index in [1.165, 1.54) is 11.8 Å². The second kappa shape index (κ2) is 10.2. The number of carbonyl (C=O) groups is 2. The van der Waals surface area contributed by atoms with Crippen LogP contribution in [0.4, 0.5) is 0 Å². The van der Waals surface area contributed by atoms with Gasteiger partial charge in [-0.15, -0.1) is 0 Å². The second-order valence-electron chi connectivity index (χ2n) is 7.60. The van der Waals surface area contributed by atoms with Crippen LogP contribution in [-0.4, -0.2) is 49.1 Å². The van der Waals surface area contributed by atoms with Gasteiger partial charge in [-0.05, 0) is 29.2 Å². The molecule has 7 heteroatoms. The first kappa shape index (κ1) is 21.1. The van der Waals surface area contributed by atoms with Crippen LogP contribution in [0, 0.1) is 5.92 Å². The van der Waals surface area contributed by atoms with Gasteiger partial charge >= 0.3 is 0 Å². The van der Waals surface area contributed by atoms with Crippen molar-refractivity contribution >= 4 is 11.8 Å². The molecule has 0 saturated carbocycles. The molecule has 2 heterocycles. The summed E-state index contributed by atoms with van der Waals surface area (Å²) in [5.41, 5.74) is 2.26. The zero-order chi connectivity index (χ0) is 20.6. The third-order valence-corrected chi connectivity index (χ3v) is 4.98. The summed E-state index contributed by atoms with van der Waals surface area (Å²) >= 11 is 0. The summed E-state index contributed by atoms with van der Waals surface area (Å²) in [6.07, 6.45) is 1.43. The molecule has 0 aliphatic carbocycles. The van der Waals surface area contributed by atoms with Crippen LogP contribution in [-0.2, 0) is 22.6 Å². The predicted octanol–water partition coefficient (Wildman–Crippen LogP) is 2.18. The van der Waals surface area contributed by atoms with Gasteiger partial charge in [0.2, 0.25) is 5.91 Å². The maximum absolute atomic E-state index is 12.6. The third-order valence-electron chi connectivity index (χ3n) is 4.98. The van der Waals surface area contributed by atoms with Crippen LogP contribution >= 0.6 is 0 Å². The number of nitrogens with zero attached hydrogens (tertiary/aromatic N) is 1. The van der Waals surface area contributed by atoms with E-state index in [4.69, 9.17) is 9.15 Å². The fourth-order valence-electron chi connectivity index (χ4n) is 3.23. The Morgan fingerprint density at radius 3 is 2.38 bits per heavy atom. The first-order chi connectivity index (χ1) is 14.0. The summed E-state index contributed by atoms with van der Waals surface area (Å²) in [5.74, 6) is -0.460. The van der Waals surface area contributed by atoms with Crippen LogP contribution in [0.1, 0.15) is 35.5 Å². The smallest absolute Gasteiger partial charge is 0.287 e. The van der Waals surface area contributed by atoms with Gasteiger partial charge in [0, 0.05) is 26.2 Å². The monoisotopic (exact) mass is 399 g/mol. The molecule has 3 rings (SSSR count). The average Bonchev–Trinajstić information content (AvgIpc) is 3.27. The van der Waals surface area contributed by atoms with Crippen molar-refractivity contribution in [3.8, 4) is 0 Å². The maximum Gasteiger partial charge on any atom is 0.287 e. The highest BCUT2D eigenvalue weighted by Crippen LogP contribution is 2.10. The molecule has 1 atom stereocenters. The summed E-state index contributed by atoms with van der Waals surface area (Å²) < 4.78 is 10.5. The van der Waals surface area contributed by atoms with Gasteiger partial charge in [0.15, 0.2) is 5.76 Å². The van der Waals surface area contributed by atoms with E-state index in [1.54, 1.807) is 12.1 Å². The Kier molecular flexibility index (Phi) is 7.43. The molecule has 156 valence electrons. The highest BCUT2D eigenvalue weighted by atomic mass is 16.5. The Hall–Kier alpha value is -2.64. The van der Waals surface area contributed by atoms with E-state index in [0.717, 1.165) is 38.4 Å². The van der Waals surface area contributed by atoms with Gasteiger partial charge in [-0.3, -0.25) is 14.5 Å². The molecule has 0 unspecified atom stereocenters. The molecule has 29 heavy (non-hydrogen) atoms. The molecule has 1 aliphatic heterocycles. The van der Waals surface area contributed by atoms with E-state index in [2.05, 4.69) is 27.7 Å². The van der Waals surface area contributed by atoms with E-state index in [1.807, 2.05) is 26.0 Å². The van der Waals surface area contributed by atoms with Crippen LogP contribution in [0.25, 0.3) is 0 Å². The zero-order valence-electron chi connectivity index (χ0n) is 17.0. The van der Waals surface area contributed by atoms with Crippen molar-refractivity contribution in [2.75, 3.05) is 26.3 Å². The summed E-state index contributed by atoms with van der Waals surface area (Å²) in [6, 6.07) is 10.8. The molecule has 0 spiro atoms. The number of rotatable bonds is 8. The molecule has 0 radical (unpaired) electrons. The molecule has 1 saturated heterocycles. The highest BCUT2D eigenvalue weighted by Gasteiger charge is 2.25. The number of furan rings is 1. The minimum absolute atomic E-state index is 0.0511. The van der Waals surface area contributed by atoms with Crippen molar-refractivity contribution in [1.82, 2.24) is 15.5 Å². The predicted molar refractivity (Wildman–Crippen MR) is 109 cm³/mol. The van der Waals surface area contributed by atoms with Gasteiger partial charge < -0.3 is 19.8 Å². The molecular weight excluding hydrogens is 370 g/mol. The Bertz CT molecular complexity index is 781. The Morgan fingerprint density at radius 1 is 1.07 bits per heavy atom. The molecule has 0 bridgehead atoms.